The van der Waals surface area contributed by atoms with E-state index in [4.69, 9.17) is 4.74 Å². The molecule has 2 heterocycles. The van der Waals surface area contributed by atoms with Crippen molar-refractivity contribution in [2.75, 3.05) is 13.1 Å². The molecule has 0 aromatic heterocycles. The molecule has 3 fully saturated rings. The lowest BCUT2D eigenvalue weighted by atomic mass is 9.48. The molecular formula is C27H26FNO4. The van der Waals surface area contributed by atoms with Crippen molar-refractivity contribution >= 4 is 11.9 Å². The third-order valence-electron chi connectivity index (χ3n) is 8.74. The topological polar surface area (TPSA) is 70.0 Å². The Kier molecular flexibility index (Phi) is 3.86. The molecule has 2 aromatic carbocycles. The van der Waals surface area contributed by atoms with Gasteiger partial charge in [0.1, 0.15) is 5.82 Å². The molecule has 6 heteroatoms. The van der Waals surface area contributed by atoms with Gasteiger partial charge in [-0.25, -0.2) is 4.39 Å². The highest BCUT2D eigenvalue weighted by Gasteiger charge is 2.74. The summed E-state index contributed by atoms with van der Waals surface area (Å²) >= 11 is 0. The lowest BCUT2D eigenvalue weighted by Gasteiger charge is -2.62. The molecule has 2 bridgehead atoms. The van der Waals surface area contributed by atoms with Crippen LogP contribution in [-0.2, 0) is 16.6 Å². The predicted octanol–water partition coefficient (Wildman–Crippen LogP) is 3.36. The zero-order chi connectivity index (χ0) is 22.5. The summed E-state index contributed by atoms with van der Waals surface area (Å²) in [4.78, 5) is 16.2. The Morgan fingerprint density at radius 2 is 1.97 bits per heavy atom. The first-order valence-corrected chi connectivity index (χ1v) is 11.9. The number of Topliss-reactive ketones (excluding diaryl/α,β-unsaturated/α-hetero) is 1. The highest BCUT2D eigenvalue weighted by Crippen LogP contribution is 2.65. The lowest BCUT2D eigenvalue weighted by Crippen LogP contribution is -2.77. The number of nitrogens with zero attached hydrogens (tertiary/aromatic N) is 1. The maximum absolute atomic E-state index is 13.8. The molecule has 170 valence electrons. The summed E-state index contributed by atoms with van der Waals surface area (Å²) in [6.45, 7) is 1.78. The van der Waals surface area contributed by atoms with E-state index in [0.29, 0.717) is 35.6 Å². The molecule has 7 rings (SSSR count). The Hall–Kier alpha value is -2.70. The van der Waals surface area contributed by atoms with Crippen molar-refractivity contribution in [2.45, 2.75) is 55.3 Å². The number of phenols is 1. The molecule has 1 spiro atoms. The number of carbonyl (C=O) groups is 1. The molecule has 0 amide bonds. The fourth-order valence-electron chi connectivity index (χ4n) is 7.07. The van der Waals surface area contributed by atoms with Crippen LogP contribution in [0.15, 0.2) is 42.0 Å². The van der Waals surface area contributed by atoms with Crippen LogP contribution in [0.5, 0.6) is 11.5 Å². The van der Waals surface area contributed by atoms with Crippen LogP contribution in [0.4, 0.5) is 4.39 Å². The van der Waals surface area contributed by atoms with Crippen LogP contribution in [0.1, 0.15) is 42.4 Å². The second kappa shape index (κ2) is 6.45. The molecule has 4 atom stereocenters. The summed E-state index contributed by atoms with van der Waals surface area (Å²) < 4.78 is 19.6. The smallest absolute Gasteiger partial charge is 0.200 e. The van der Waals surface area contributed by atoms with Crippen molar-refractivity contribution in [3.63, 3.8) is 0 Å². The first kappa shape index (κ1) is 19.7. The van der Waals surface area contributed by atoms with E-state index < -0.39 is 17.1 Å². The van der Waals surface area contributed by atoms with Gasteiger partial charge in [0, 0.05) is 30.1 Å². The molecule has 2 N–H and O–H groups in total. The van der Waals surface area contributed by atoms with Crippen LogP contribution in [0.2, 0.25) is 0 Å². The van der Waals surface area contributed by atoms with Gasteiger partial charge in [-0.2, -0.15) is 0 Å². The Bertz CT molecular complexity index is 1220. The molecule has 2 aliphatic heterocycles. The monoisotopic (exact) mass is 447 g/mol. The molecule has 5 aliphatic rings. The van der Waals surface area contributed by atoms with Gasteiger partial charge < -0.3 is 14.9 Å². The second-order valence-corrected chi connectivity index (χ2v) is 10.5. The van der Waals surface area contributed by atoms with E-state index in [9.17, 15) is 19.4 Å². The zero-order valence-electron chi connectivity index (χ0n) is 18.3. The third kappa shape index (κ3) is 2.51. The third-order valence-corrected chi connectivity index (χ3v) is 8.74. The summed E-state index contributed by atoms with van der Waals surface area (Å²) in [5.41, 5.74) is 1.09. The molecule has 2 saturated carbocycles. The van der Waals surface area contributed by atoms with Crippen molar-refractivity contribution in [3.8, 4) is 11.5 Å². The number of aromatic hydroxyl groups is 1. The number of carbonyl (C=O) groups excluding carboxylic acids is 1. The molecule has 2 aromatic rings. The van der Waals surface area contributed by atoms with E-state index in [1.54, 1.807) is 24.3 Å². The maximum Gasteiger partial charge on any atom is 0.200 e. The number of piperidine rings is 1. The van der Waals surface area contributed by atoms with E-state index in [0.717, 1.165) is 24.2 Å². The Morgan fingerprint density at radius 1 is 1.18 bits per heavy atom. The largest absolute Gasteiger partial charge is 0.504 e. The van der Waals surface area contributed by atoms with Crippen molar-refractivity contribution in [3.05, 3.63) is 64.5 Å². The lowest BCUT2D eigenvalue weighted by molar-refractivity contribution is -0.179. The number of halogens is 1. The predicted molar refractivity (Wildman–Crippen MR) is 120 cm³/mol. The van der Waals surface area contributed by atoms with Gasteiger partial charge in [0.05, 0.1) is 11.0 Å². The first-order valence-electron chi connectivity index (χ1n) is 11.9. The maximum atomic E-state index is 13.8. The van der Waals surface area contributed by atoms with Gasteiger partial charge in [-0.15, -0.1) is 0 Å². The van der Waals surface area contributed by atoms with Crippen molar-refractivity contribution in [1.29, 1.82) is 0 Å². The van der Waals surface area contributed by atoms with E-state index in [-0.39, 0.29) is 29.8 Å². The first-order chi connectivity index (χ1) is 15.9. The summed E-state index contributed by atoms with van der Waals surface area (Å²) in [6, 6.07) is 9.48. The van der Waals surface area contributed by atoms with Crippen LogP contribution in [0, 0.1) is 11.7 Å². The van der Waals surface area contributed by atoms with Crippen LogP contribution >= 0.6 is 0 Å². The number of benzene rings is 2. The highest BCUT2D eigenvalue weighted by molar-refractivity contribution is 6.06. The molecule has 3 aliphatic carbocycles. The number of phenolic OH excluding ortho intramolecular Hbond substituents is 1. The van der Waals surface area contributed by atoms with Crippen LogP contribution in [0.3, 0.4) is 0 Å². The van der Waals surface area contributed by atoms with Gasteiger partial charge >= 0.3 is 0 Å². The van der Waals surface area contributed by atoms with Crippen LogP contribution in [-0.4, -0.2) is 51.7 Å². The number of ketones is 1. The Morgan fingerprint density at radius 3 is 2.73 bits per heavy atom. The molecule has 0 unspecified atom stereocenters. The van der Waals surface area contributed by atoms with Gasteiger partial charge in [0.2, 0.25) is 0 Å². The van der Waals surface area contributed by atoms with E-state index in [1.165, 1.54) is 25.0 Å². The zero-order valence-corrected chi connectivity index (χ0v) is 18.3. The minimum atomic E-state index is -1.18. The van der Waals surface area contributed by atoms with Gasteiger partial charge in [-0.3, -0.25) is 9.69 Å². The molecule has 5 nitrogen and oxygen atoms in total. The average molecular weight is 448 g/mol. The van der Waals surface area contributed by atoms with Gasteiger partial charge in [-0.05, 0) is 73.5 Å². The summed E-state index contributed by atoms with van der Waals surface area (Å²) in [5, 5.41) is 23.2. The Labute approximate surface area is 191 Å². The van der Waals surface area contributed by atoms with Crippen molar-refractivity contribution in [1.82, 2.24) is 4.90 Å². The van der Waals surface area contributed by atoms with E-state index in [1.807, 2.05) is 6.07 Å². The standard InChI is InChI=1S/C27H26FNO4/c28-19-6-3-15(4-7-19)11-18-13-27(32)21-12-17-5-8-20(30)24-22(17)26(27,25(33-24)23(18)31)9-10-29(21)14-16-1-2-16/h3-8,11,16,21,25,30,32H,1-2,9-10,12-14H2/b18-11+/t21-,25+,26+,27-/m1/s1. The SMILES string of the molecule is O=C1/C(=C/c2ccc(F)cc2)C[C@@]2(O)[C@H]3Cc4ccc(O)c5c4[C@@]2(CCN3CC2CC2)[C@H]1O5. The second-order valence-electron chi connectivity index (χ2n) is 10.5. The summed E-state index contributed by atoms with van der Waals surface area (Å²) in [6.07, 6.45) is 4.88. The number of hydrogen-bond donors (Lipinski definition) is 2. The number of aliphatic hydroxyl groups is 1. The highest BCUT2D eigenvalue weighted by atomic mass is 19.1. The number of ether oxygens (including phenoxy) is 1. The quantitative estimate of drug-likeness (QED) is 0.707. The molecule has 33 heavy (non-hydrogen) atoms. The van der Waals surface area contributed by atoms with Crippen molar-refractivity contribution < 1.29 is 24.1 Å². The van der Waals surface area contributed by atoms with Gasteiger partial charge in [0.25, 0.3) is 0 Å². The Balaban J connectivity index is 1.40. The normalized spacial score (nSPS) is 35.5. The fraction of sp³-hybridized carbons (Fsp3) is 0.444. The van der Waals surface area contributed by atoms with E-state index >= 15 is 0 Å². The van der Waals surface area contributed by atoms with E-state index in [2.05, 4.69) is 4.90 Å². The fourth-order valence-corrected chi connectivity index (χ4v) is 7.07. The van der Waals surface area contributed by atoms with Crippen LogP contribution < -0.4 is 4.74 Å². The summed E-state index contributed by atoms with van der Waals surface area (Å²) in [5.74, 6) is 0.591. The number of likely N-dealkylation sites (tertiary alicyclic amines) is 1. The molecule has 0 radical (unpaired) electrons. The van der Waals surface area contributed by atoms with Gasteiger partial charge in [-0.1, -0.05) is 18.2 Å². The number of rotatable bonds is 3. The minimum Gasteiger partial charge on any atom is -0.504 e. The minimum absolute atomic E-state index is 0.0237. The molecule has 1 saturated heterocycles. The average Bonchev–Trinajstić information content (AvgIpc) is 3.53. The summed E-state index contributed by atoms with van der Waals surface area (Å²) in [7, 11) is 0. The van der Waals surface area contributed by atoms with Crippen LogP contribution in [0.25, 0.3) is 6.08 Å². The molecular weight excluding hydrogens is 421 g/mol. The number of hydrogen-bond acceptors (Lipinski definition) is 5. The van der Waals surface area contributed by atoms with Crippen molar-refractivity contribution in [2.24, 2.45) is 5.92 Å². The van der Waals surface area contributed by atoms with Gasteiger partial charge in [0.15, 0.2) is 23.4 Å².